The zero-order valence-corrected chi connectivity index (χ0v) is 11.9. The van der Waals surface area contributed by atoms with E-state index in [9.17, 15) is 9.18 Å². The molecule has 106 valence electrons. The predicted octanol–water partition coefficient (Wildman–Crippen LogP) is 1.80. The molecule has 0 aliphatic rings. The molecule has 0 aliphatic heterocycles. The van der Waals surface area contributed by atoms with E-state index in [0.29, 0.717) is 23.1 Å². The lowest BCUT2D eigenvalue weighted by Crippen LogP contribution is -2.38. The van der Waals surface area contributed by atoms with Crippen molar-refractivity contribution in [1.82, 2.24) is 4.90 Å². The minimum atomic E-state index is -0.408. The van der Waals surface area contributed by atoms with Gasteiger partial charge in [-0.15, -0.1) is 0 Å². The van der Waals surface area contributed by atoms with Crippen molar-refractivity contribution < 1.29 is 19.4 Å². The summed E-state index contributed by atoms with van der Waals surface area (Å²) in [5.41, 5.74) is 0.443. The summed E-state index contributed by atoms with van der Waals surface area (Å²) in [4.78, 5) is 13.3. The molecule has 19 heavy (non-hydrogen) atoms. The Morgan fingerprint density at radius 3 is 2.63 bits per heavy atom. The Kier molecular flexibility index (Phi) is 6.75. The highest BCUT2D eigenvalue weighted by atomic mass is 79.9. The largest absolute Gasteiger partial charge is 0.396 e. The van der Waals surface area contributed by atoms with E-state index in [4.69, 9.17) is 10.2 Å². The van der Waals surface area contributed by atoms with E-state index >= 15 is 0 Å². The van der Waals surface area contributed by atoms with Crippen molar-refractivity contribution in [2.75, 3.05) is 31.6 Å². The Morgan fingerprint density at radius 1 is 1.32 bits per heavy atom. The van der Waals surface area contributed by atoms with Gasteiger partial charge in [-0.25, -0.2) is 9.18 Å². The van der Waals surface area contributed by atoms with Gasteiger partial charge in [0.25, 0.3) is 0 Å². The highest BCUT2D eigenvalue weighted by Gasteiger charge is 2.14. The molecule has 0 atom stereocenters. The van der Waals surface area contributed by atoms with E-state index in [-0.39, 0.29) is 19.8 Å². The van der Waals surface area contributed by atoms with E-state index in [1.165, 1.54) is 23.1 Å². The number of halogens is 2. The van der Waals surface area contributed by atoms with Crippen molar-refractivity contribution in [1.29, 1.82) is 0 Å². The summed E-state index contributed by atoms with van der Waals surface area (Å²) in [5, 5.41) is 20.3. The van der Waals surface area contributed by atoms with Crippen LogP contribution in [0.4, 0.5) is 14.9 Å². The Labute approximate surface area is 119 Å². The average Bonchev–Trinajstić information content (AvgIpc) is 2.37. The monoisotopic (exact) mass is 334 g/mol. The van der Waals surface area contributed by atoms with E-state index in [1.807, 2.05) is 0 Å². The number of urea groups is 1. The van der Waals surface area contributed by atoms with E-state index in [2.05, 4.69) is 21.2 Å². The number of benzene rings is 1. The van der Waals surface area contributed by atoms with Crippen molar-refractivity contribution in [3.8, 4) is 0 Å². The van der Waals surface area contributed by atoms with Gasteiger partial charge < -0.3 is 20.4 Å². The number of aliphatic hydroxyl groups excluding tert-OH is 2. The van der Waals surface area contributed by atoms with Crippen molar-refractivity contribution >= 4 is 27.6 Å². The Morgan fingerprint density at radius 2 is 2.05 bits per heavy atom. The van der Waals surface area contributed by atoms with Crippen LogP contribution in [0, 0.1) is 5.82 Å². The number of hydrogen-bond donors (Lipinski definition) is 3. The van der Waals surface area contributed by atoms with E-state index < -0.39 is 11.8 Å². The highest BCUT2D eigenvalue weighted by molar-refractivity contribution is 9.10. The minimum Gasteiger partial charge on any atom is -0.396 e. The average molecular weight is 335 g/mol. The highest BCUT2D eigenvalue weighted by Crippen LogP contribution is 2.23. The lowest BCUT2D eigenvalue weighted by Gasteiger charge is -2.22. The Balaban J connectivity index is 2.69. The van der Waals surface area contributed by atoms with Gasteiger partial charge in [-0.1, -0.05) is 0 Å². The molecule has 0 radical (unpaired) electrons. The third kappa shape index (κ3) is 5.14. The van der Waals surface area contributed by atoms with Crippen LogP contribution < -0.4 is 5.32 Å². The molecule has 5 nitrogen and oxygen atoms in total. The number of anilines is 1. The lowest BCUT2D eigenvalue weighted by atomic mass is 10.3. The molecule has 3 N–H and O–H groups in total. The van der Waals surface area contributed by atoms with Crippen LogP contribution in [0.2, 0.25) is 0 Å². The summed E-state index contributed by atoms with van der Waals surface area (Å²) in [5.74, 6) is -0.405. The molecule has 0 saturated heterocycles. The van der Waals surface area contributed by atoms with Gasteiger partial charge in [-0.05, 0) is 40.5 Å². The first-order chi connectivity index (χ1) is 9.08. The van der Waals surface area contributed by atoms with Gasteiger partial charge in [0.15, 0.2) is 0 Å². The smallest absolute Gasteiger partial charge is 0.321 e. The fourth-order valence-corrected chi connectivity index (χ4v) is 1.93. The quantitative estimate of drug-likeness (QED) is 0.742. The summed E-state index contributed by atoms with van der Waals surface area (Å²) in [6, 6.07) is 3.53. The second kappa shape index (κ2) is 8.08. The normalized spacial score (nSPS) is 10.3. The first kappa shape index (κ1) is 15.9. The van der Waals surface area contributed by atoms with Gasteiger partial charge in [-0.3, -0.25) is 0 Å². The van der Waals surface area contributed by atoms with Crippen LogP contribution in [0.5, 0.6) is 0 Å². The molecule has 7 heteroatoms. The molecule has 0 saturated carbocycles. The number of rotatable bonds is 6. The maximum Gasteiger partial charge on any atom is 0.321 e. The molecule has 0 aromatic heterocycles. The van der Waals surface area contributed by atoms with E-state index in [0.717, 1.165) is 0 Å². The van der Waals surface area contributed by atoms with Crippen molar-refractivity contribution in [3.05, 3.63) is 28.5 Å². The molecule has 0 unspecified atom stereocenters. The Bertz CT molecular complexity index is 431. The SMILES string of the molecule is O=C(Nc1ccc(F)cc1Br)N(CCO)CCCO. The maximum absolute atomic E-state index is 12.9. The molecule has 1 aromatic rings. The van der Waals surface area contributed by atoms with Gasteiger partial charge in [-0.2, -0.15) is 0 Å². The molecule has 1 rings (SSSR count). The number of nitrogens with zero attached hydrogens (tertiary/aromatic N) is 1. The molecule has 0 aliphatic carbocycles. The molecule has 0 heterocycles. The van der Waals surface area contributed by atoms with Crippen LogP contribution in [0.25, 0.3) is 0 Å². The summed E-state index contributed by atoms with van der Waals surface area (Å²) in [6.07, 6.45) is 0.429. The zero-order valence-electron chi connectivity index (χ0n) is 10.3. The minimum absolute atomic E-state index is 0.0323. The van der Waals surface area contributed by atoms with Crippen molar-refractivity contribution in [2.45, 2.75) is 6.42 Å². The third-order valence-electron chi connectivity index (χ3n) is 2.42. The zero-order chi connectivity index (χ0) is 14.3. The van der Waals surface area contributed by atoms with Gasteiger partial charge >= 0.3 is 6.03 Å². The molecule has 0 bridgehead atoms. The molecule has 0 fully saturated rings. The van der Waals surface area contributed by atoms with Gasteiger partial charge in [0.2, 0.25) is 0 Å². The maximum atomic E-state index is 12.9. The van der Waals surface area contributed by atoms with Crippen LogP contribution in [-0.4, -0.2) is 47.4 Å². The molecule has 2 amide bonds. The van der Waals surface area contributed by atoms with Crippen molar-refractivity contribution in [3.63, 3.8) is 0 Å². The number of hydrogen-bond acceptors (Lipinski definition) is 3. The van der Waals surface area contributed by atoms with E-state index in [1.54, 1.807) is 0 Å². The number of nitrogens with one attached hydrogen (secondary N) is 1. The first-order valence-corrected chi connectivity index (χ1v) is 6.60. The second-order valence-corrected chi connectivity index (χ2v) is 4.70. The van der Waals surface area contributed by atoms with Crippen LogP contribution in [0.15, 0.2) is 22.7 Å². The fourth-order valence-electron chi connectivity index (χ4n) is 1.48. The van der Waals surface area contributed by atoms with Gasteiger partial charge in [0.05, 0.1) is 12.3 Å². The van der Waals surface area contributed by atoms with Crippen LogP contribution in [0.1, 0.15) is 6.42 Å². The first-order valence-electron chi connectivity index (χ1n) is 5.81. The number of carbonyl (C=O) groups is 1. The second-order valence-electron chi connectivity index (χ2n) is 3.84. The summed E-state index contributed by atoms with van der Waals surface area (Å²) in [7, 11) is 0. The van der Waals surface area contributed by atoms with Gasteiger partial charge in [0.1, 0.15) is 5.82 Å². The van der Waals surface area contributed by atoms with Crippen molar-refractivity contribution in [2.24, 2.45) is 0 Å². The molecule has 1 aromatic carbocycles. The lowest BCUT2D eigenvalue weighted by molar-refractivity contribution is 0.180. The van der Waals surface area contributed by atoms with Crippen LogP contribution >= 0.6 is 15.9 Å². The summed E-state index contributed by atoms with van der Waals surface area (Å²) >= 11 is 3.15. The van der Waals surface area contributed by atoms with Gasteiger partial charge in [0, 0.05) is 24.2 Å². The topological polar surface area (TPSA) is 72.8 Å². The van der Waals surface area contributed by atoms with Crippen LogP contribution in [0.3, 0.4) is 0 Å². The summed E-state index contributed by atoms with van der Waals surface area (Å²) < 4.78 is 13.4. The Hall–Kier alpha value is -1.18. The predicted molar refractivity (Wildman–Crippen MR) is 73.5 cm³/mol. The molecular weight excluding hydrogens is 319 g/mol. The number of aliphatic hydroxyl groups is 2. The third-order valence-corrected chi connectivity index (χ3v) is 3.07. The number of amides is 2. The van der Waals surface area contributed by atoms with Crippen LogP contribution in [-0.2, 0) is 0 Å². The fraction of sp³-hybridized carbons (Fsp3) is 0.417. The summed E-state index contributed by atoms with van der Waals surface area (Å²) in [6.45, 7) is 0.311. The molecule has 0 spiro atoms. The molecular formula is C12H16BrFN2O3. The number of carbonyl (C=O) groups excluding carboxylic acids is 1. The standard InChI is InChI=1S/C12H16BrFN2O3/c13-10-8-9(14)2-3-11(10)15-12(19)16(5-7-18)4-1-6-17/h2-3,8,17-18H,1,4-7H2,(H,15,19).